The zero-order chi connectivity index (χ0) is 19.1. The van der Waals surface area contributed by atoms with Crippen molar-refractivity contribution < 1.29 is 9.59 Å². The van der Waals surface area contributed by atoms with E-state index in [1.54, 1.807) is 12.1 Å². The van der Waals surface area contributed by atoms with Gasteiger partial charge in [-0.05, 0) is 23.3 Å². The molecule has 1 aromatic heterocycles. The molecule has 1 N–H and O–H groups in total. The van der Waals surface area contributed by atoms with Crippen LogP contribution < -0.4 is 5.32 Å². The summed E-state index contributed by atoms with van der Waals surface area (Å²) in [4.78, 5) is 30.7. The lowest BCUT2D eigenvalue weighted by Crippen LogP contribution is -2.39. The van der Waals surface area contributed by atoms with Crippen molar-refractivity contribution >= 4 is 29.1 Å². The number of nitrogens with one attached hydrogen (secondary N) is 1. The molecule has 5 nitrogen and oxygen atoms in total. The van der Waals surface area contributed by atoms with E-state index in [4.69, 9.17) is 11.6 Å². The van der Waals surface area contributed by atoms with E-state index in [1.165, 1.54) is 11.1 Å². The average molecular weight is 380 g/mol. The second kappa shape index (κ2) is 8.96. The Morgan fingerprint density at radius 2 is 1.41 bits per heavy atom. The highest BCUT2D eigenvalue weighted by Crippen LogP contribution is 2.18. The molecule has 0 unspecified atom stereocenters. The fourth-order valence-corrected chi connectivity index (χ4v) is 2.77. The van der Waals surface area contributed by atoms with Gasteiger partial charge in [0.15, 0.2) is 5.15 Å². The second-order valence-electron chi connectivity index (χ2n) is 5.93. The van der Waals surface area contributed by atoms with Crippen molar-refractivity contribution in [1.29, 1.82) is 0 Å². The molecule has 6 heteroatoms. The number of hydrogen-bond donors (Lipinski definition) is 1. The minimum Gasteiger partial charge on any atom is -0.326 e. The summed E-state index contributed by atoms with van der Waals surface area (Å²) < 4.78 is 0. The molecule has 0 saturated heterocycles. The van der Waals surface area contributed by atoms with E-state index in [1.807, 2.05) is 60.7 Å². The average Bonchev–Trinajstić information content (AvgIpc) is 2.70. The van der Waals surface area contributed by atoms with Crippen molar-refractivity contribution in [2.75, 3.05) is 5.32 Å². The number of aromatic nitrogens is 1. The van der Waals surface area contributed by atoms with Gasteiger partial charge in [0.25, 0.3) is 0 Å². The molecule has 0 radical (unpaired) electrons. The maximum Gasteiger partial charge on any atom is 0.314 e. The zero-order valence-electron chi connectivity index (χ0n) is 14.5. The third-order valence-corrected chi connectivity index (χ3v) is 4.22. The van der Waals surface area contributed by atoms with E-state index in [-0.39, 0.29) is 5.15 Å². The van der Waals surface area contributed by atoms with Gasteiger partial charge in [-0.25, -0.2) is 4.98 Å². The molecule has 0 atom stereocenters. The monoisotopic (exact) mass is 379 g/mol. The number of rotatable bonds is 5. The normalized spacial score (nSPS) is 10.3. The smallest absolute Gasteiger partial charge is 0.314 e. The summed E-state index contributed by atoms with van der Waals surface area (Å²) in [6, 6.07) is 22.3. The Labute approximate surface area is 162 Å². The highest BCUT2D eigenvalue weighted by Gasteiger charge is 2.23. The molecule has 2 amide bonds. The third-order valence-electron chi connectivity index (χ3n) is 3.92. The Kier molecular flexibility index (Phi) is 6.18. The van der Waals surface area contributed by atoms with Gasteiger partial charge in [0.1, 0.15) is 0 Å². The molecule has 136 valence electrons. The number of benzene rings is 2. The summed E-state index contributed by atoms with van der Waals surface area (Å²) in [5, 5.41) is 2.67. The summed E-state index contributed by atoms with van der Waals surface area (Å²) in [5.41, 5.74) is 2.18. The number of hydrogen-bond acceptors (Lipinski definition) is 3. The SMILES string of the molecule is O=C(Nc1cccnc1Cl)C(=O)N(Cc1ccccc1)Cc1ccccc1. The Bertz CT molecular complexity index is 875. The number of amides is 2. The standard InChI is InChI=1S/C21H18ClN3O2/c22-19-18(12-7-13-23-19)24-20(26)21(27)25(14-16-8-3-1-4-9-16)15-17-10-5-2-6-11-17/h1-13H,14-15H2,(H,24,26). The predicted molar refractivity (Wildman–Crippen MR) is 105 cm³/mol. The van der Waals surface area contributed by atoms with Crippen LogP contribution in [0.1, 0.15) is 11.1 Å². The maximum absolute atomic E-state index is 12.8. The van der Waals surface area contributed by atoms with Crippen molar-refractivity contribution in [2.45, 2.75) is 13.1 Å². The first-order valence-electron chi connectivity index (χ1n) is 8.42. The minimum atomic E-state index is -0.753. The number of pyridine rings is 1. The number of anilines is 1. The van der Waals surface area contributed by atoms with Gasteiger partial charge >= 0.3 is 11.8 Å². The molecule has 0 aliphatic rings. The van der Waals surface area contributed by atoms with E-state index in [2.05, 4.69) is 10.3 Å². The summed E-state index contributed by atoms with van der Waals surface area (Å²) in [7, 11) is 0. The van der Waals surface area contributed by atoms with E-state index in [0.717, 1.165) is 11.1 Å². The van der Waals surface area contributed by atoms with Crippen molar-refractivity contribution in [3.05, 3.63) is 95.3 Å². The van der Waals surface area contributed by atoms with E-state index < -0.39 is 11.8 Å². The Balaban J connectivity index is 1.79. The van der Waals surface area contributed by atoms with Gasteiger partial charge in [0, 0.05) is 19.3 Å². The minimum absolute atomic E-state index is 0.135. The lowest BCUT2D eigenvalue weighted by molar-refractivity contribution is -0.144. The highest BCUT2D eigenvalue weighted by atomic mass is 35.5. The van der Waals surface area contributed by atoms with Crippen molar-refractivity contribution in [3.63, 3.8) is 0 Å². The van der Waals surface area contributed by atoms with Crippen LogP contribution in [0.3, 0.4) is 0 Å². The van der Waals surface area contributed by atoms with Crippen LogP contribution in [0, 0.1) is 0 Å². The van der Waals surface area contributed by atoms with E-state index >= 15 is 0 Å². The number of nitrogens with zero attached hydrogens (tertiary/aromatic N) is 2. The predicted octanol–water partition coefficient (Wildman–Crippen LogP) is 3.90. The van der Waals surface area contributed by atoms with Gasteiger partial charge in [-0.2, -0.15) is 0 Å². The van der Waals surface area contributed by atoms with Gasteiger partial charge in [-0.1, -0.05) is 72.3 Å². The summed E-state index contributed by atoms with van der Waals surface area (Å²) in [5.74, 6) is -1.39. The largest absolute Gasteiger partial charge is 0.326 e. The fraction of sp³-hybridized carbons (Fsp3) is 0.0952. The van der Waals surface area contributed by atoms with Crippen LogP contribution in [-0.4, -0.2) is 21.7 Å². The summed E-state index contributed by atoms with van der Waals surface area (Å²) >= 11 is 5.96. The van der Waals surface area contributed by atoms with E-state index in [0.29, 0.717) is 18.8 Å². The molecule has 0 bridgehead atoms. The molecule has 3 rings (SSSR count). The van der Waals surface area contributed by atoms with Gasteiger partial charge in [0.2, 0.25) is 0 Å². The molecule has 0 fully saturated rings. The topological polar surface area (TPSA) is 62.3 Å². The van der Waals surface area contributed by atoms with Crippen LogP contribution in [0.5, 0.6) is 0 Å². The zero-order valence-corrected chi connectivity index (χ0v) is 15.3. The first-order chi connectivity index (χ1) is 13.1. The molecule has 0 spiro atoms. The molecule has 0 aliphatic carbocycles. The van der Waals surface area contributed by atoms with Gasteiger partial charge < -0.3 is 10.2 Å². The van der Waals surface area contributed by atoms with Crippen LogP contribution in [-0.2, 0) is 22.7 Å². The van der Waals surface area contributed by atoms with Crippen LogP contribution in [0.2, 0.25) is 5.15 Å². The Hall–Kier alpha value is -3.18. The maximum atomic E-state index is 12.8. The lowest BCUT2D eigenvalue weighted by Gasteiger charge is -2.22. The van der Waals surface area contributed by atoms with Crippen molar-refractivity contribution in [1.82, 2.24) is 9.88 Å². The molecular formula is C21H18ClN3O2. The Morgan fingerprint density at radius 3 is 1.93 bits per heavy atom. The van der Waals surface area contributed by atoms with Crippen molar-refractivity contribution in [3.8, 4) is 0 Å². The first kappa shape index (κ1) is 18.6. The van der Waals surface area contributed by atoms with Gasteiger partial charge in [-0.15, -0.1) is 0 Å². The van der Waals surface area contributed by atoms with Crippen LogP contribution in [0.4, 0.5) is 5.69 Å². The van der Waals surface area contributed by atoms with Crippen LogP contribution in [0.25, 0.3) is 0 Å². The number of carbonyl (C=O) groups excluding carboxylic acids is 2. The van der Waals surface area contributed by atoms with E-state index in [9.17, 15) is 9.59 Å². The molecule has 27 heavy (non-hydrogen) atoms. The number of carbonyl (C=O) groups is 2. The third kappa shape index (κ3) is 5.15. The van der Waals surface area contributed by atoms with Gasteiger partial charge in [0.05, 0.1) is 5.69 Å². The quantitative estimate of drug-likeness (QED) is 0.540. The number of halogens is 1. The Morgan fingerprint density at radius 1 is 0.852 bits per heavy atom. The summed E-state index contributed by atoms with van der Waals surface area (Å²) in [6.45, 7) is 0.644. The van der Waals surface area contributed by atoms with Crippen LogP contribution >= 0.6 is 11.6 Å². The first-order valence-corrected chi connectivity index (χ1v) is 8.80. The van der Waals surface area contributed by atoms with Crippen LogP contribution in [0.15, 0.2) is 79.0 Å². The molecular weight excluding hydrogens is 362 g/mol. The molecule has 1 heterocycles. The highest BCUT2D eigenvalue weighted by molar-refractivity contribution is 6.41. The molecule has 3 aromatic rings. The molecule has 0 saturated carbocycles. The lowest BCUT2D eigenvalue weighted by atomic mass is 10.1. The second-order valence-corrected chi connectivity index (χ2v) is 6.29. The van der Waals surface area contributed by atoms with Gasteiger partial charge in [-0.3, -0.25) is 9.59 Å². The molecule has 0 aliphatic heterocycles. The summed E-state index contributed by atoms with van der Waals surface area (Å²) in [6.07, 6.45) is 1.51. The fourth-order valence-electron chi connectivity index (χ4n) is 2.61. The molecule has 2 aromatic carbocycles. The van der Waals surface area contributed by atoms with Crippen molar-refractivity contribution in [2.24, 2.45) is 0 Å².